The van der Waals surface area contributed by atoms with Crippen molar-refractivity contribution in [2.75, 3.05) is 43.5 Å². The summed E-state index contributed by atoms with van der Waals surface area (Å²) in [5.74, 6) is 0.795. The van der Waals surface area contributed by atoms with E-state index in [0.29, 0.717) is 25.1 Å². The molecule has 192 valence electrons. The first-order chi connectivity index (χ1) is 18.6. The van der Waals surface area contributed by atoms with Gasteiger partial charge in [-0.05, 0) is 65.2 Å². The first kappa shape index (κ1) is 25.1. The fourth-order valence-corrected chi connectivity index (χ4v) is 4.65. The second-order valence-electron chi connectivity index (χ2n) is 9.34. The lowest BCUT2D eigenvalue weighted by Crippen LogP contribution is -2.49. The lowest BCUT2D eigenvalue weighted by atomic mass is 10.0. The third kappa shape index (κ3) is 6.03. The summed E-state index contributed by atoms with van der Waals surface area (Å²) in [6.07, 6.45) is 0.396. The molecular weight excluding hydrogens is 474 g/mol. The molecule has 1 N–H and O–H groups in total. The van der Waals surface area contributed by atoms with Crippen LogP contribution in [0.5, 0.6) is 5.75 Å². The fraction of sp³-hybridized carbons (Fsp3) is 0.188. The second kappa shape index (κ2) is 11.6. The maximum absolute atomic E-state index is 12.8. The molecule has 4 aromatic rings. The Bertz CT molecular complexity index is 1360. The van der Waals surface area contributed by atoms with E-state index in [-0.39, 0.29) is 11.8 Å². The zero-order valence-electron chi connectivity index (χ0n) is 21.5. The molecule has 0 saturated carbocycles. The van der Waals surface area contributed by atoms with Crippen molar-refractivity contribution < 1.29 is 14.3 Å². The van der Waals surface area contributed by atoms with Crippen LogP contribution in [0.1, 0.15) is 15.9 Å². The summed E-state index contributed by atoms with van der Waals surface area (Å²) in [5.41, 5.74) is 5.63. The number of carbonyl (C=O) groups excluding carboxylic acids is 2. The van der Waals surface area contributed by atoms with Crippen LogP contribution in [0.25, 0.3) is 11.1 Å². The van der Waals surface area contributed by atoms with Crippen LogP contribution in [-0.2, 0) is 11.2 Å². The lowest BCUT2D eigenvalue weighted by Gasteiger charge is -2.36. The van der Waals surface area contributed by atoms with Crippen molar-refractivity contribution in [3.63, 3.8) is 0 Å². The Balaban J connectivity index is 1.12. The third-order valence-corrected chi connectivity index (χ3v) is 6.89. The van der Waals surface area contributed by atoms with Crippen LogP contribution in [0, 0.1) is 0 Å². The second-order valence-corrected chi connectivity index (χ2v) is 9.34. The summed E-state index contributed by atoms with van der Waals surface area (Å²) in [5, 5.41) is 2.98. The van der Waals surface area contributed by atoms with E-state index in [1.807, 2.05) is 95.9 Å². The Kier molecular flexibility index (Phi) is 7.69. The highest BCUT2D eigenvalue weighted by Crippen LogP contribution is 2.22. The Morgan fingerprint density at radius 2 is 1.37 bits per heavy atom. The number of piperazine rings is 1. The quantitative estimate of drug-likeness (QED) is 0.360. The van der Waals surface area contributed by atoms with Crippen molar-refractivity contribution in [3.8, 4) is 16.9 Å². The van der Waals surface area contributed by atoms with Crippen molar-refractivity contribution in [2.24, 2.45) is 0 Å². The molecule has 0 unspecified atom stereocenters. The number of carbonyl (C=O) groups is 2. The number of hydrogen-bond donors (Lipinski definition) is 1. The van der Waals surface area contributed by atoms with E-state index in [4.69, 9.17) is 4.74 Å². The number of nitrogens with one attached hydrogen (secondary N) is 1. The highest BCUT2D eigenvalue weighted by molar-refractivity contribution is 6.04. The van der Waals surface area contributed by atoms with Gasteiger partial charge >= 0.3 is 0 Å². The summed E-state index contributed by atoms with van der Waals surface area (Å²) in [6.45, 7) is 2.92. The molecule has 0 bridgehead atoms. The number of ether oxygens (including phenoxy) is 1. The van der Waals surface area contributed by atoms with Gasteiger partial charge in [-0.2, -0.15) is 0 Å². The smallest absolute Gasteiger partial charge is 0.255 e. The van der Waals surface area contributed by atoms with E-state index in [2.05, 4.69) is 22.3 Å². The van der Waals surface area contributed by atoms with E-state index in [0.717, 1.165) is 46.9 Å². The van der Waals surface area contributed by atoms with Gasteiger partial charge in [0, 0.05) is 43.1 Å². The monoisotopic (exact) mass is 505 g/mol. The minimum atomic E-state index is -0.138. The number of rotatable bonds is 7. The van der Waals surface area contributed by atoms with Crippen molar-refractivity contribution in [1.29, 1.82) is 0 Å². The maximum atomic E-state index is 12.8. The average Bonchev–Trinajstić information content (AvgIpc) is 2.98. The van der Waals surface area contributed by atoms with Crippen LogP contribution < -0.4 is 15.0 Å². The van der Waals surface area contributed by atoms with Crippen molar-refractivity contribution in [1.82, 2.24) is 4.90 Å². The Hall–Kier alpha value is -4.58. The Morgan fingerprint density at radius 3 is 2.00 bits per heavy atom. The van der Waals surface area contributed by atoms with E-state index >= 15 is 0 Å². The molecule has 1 fully saturated rings. The zero-order valence-corrected chi connectivity index (χ0v) is 21.5. The van der Waals surface area contributed by atoms with Crippen LogP contribution in [0.15, 0.2) is 103 Å². The molecule has 0 aliphatic carbocycles. The molecule has 0 radical (unpaired) electrons. The topological polar surface area (TPSA) is 61.9 Å². The van der Waals surface area contributed by atoms with Gasteiger partial charge in [0.25, 0.3) is 5.91 Å². The largest absolute Gasteiger partial charge is 0.497 e. The minimum Gasteiger partial charge on any atom is -0.497 e. The van der Waals surface area contributed by atoms with Gasteiger partial charge in [0.2, 0.25) is 5.91 Å². The number of methoxy groups -OCH3 is 1. The highest BCUT2D eigenvalue weighted by Gasteiger charge is 2.21. The average molecular weight is 506 g/mol. The SMILES string of the molecule is COc1ccc(CC(=O)N2CCN(c3ccc(NC(=O)c4ccc(-c5ccccc5)cc4)cc3)CC2)cc1. The van der Waals surface area contributed by atoms with Crippen LogP contribution in [0.4, 0.5) is 11.4 Å². The molecule has 1 aliphatic heterocycles. The number of nitrogens with zero attached hydrogens (tertiary/aromatic N) is 2. The van der Waals surface area contributed by atoms with Gasteiger partial charge in [-0.3, -0.25) is 9.59 Å². The first-order valence-corrected chi connectivity index (χ1v) is 12.8. The van der Waals surface area contributed by atoms with Crippen LogP contribution >= 0.6 is 0 Å². The number of hydrogen-bond acceptors (Lipinski definition) is 4. The van der Waals surface area contributed by atoms with E-state index in [9.17, 15) is 9.59 Å². The van der Waals surface area contributed by atoms with E-state index in [1.54, 1.807) is 7.11 Å². The summed E-state index contributed by atoms with van der Waals surface area (Å²) < 4.78 is 5.19. The van der Waals surface area contributed by atoms with E-state index in [1.165, 1.54) is 0 Å². The summed E-state index contributed by atoms with van der Waals surface area (Å²) in [6, 6.07) is 33.3. The number of benzene rings is 4. The van der Waals surface area contributed by atoms with Crippen LogP contribution in [0.3, 0.4) is 0 Å². The Labute approximate surface area is 223 Å². The van der Waals surface area contributed by atoms with Gasteiger partial charge in [-0.1, -0.05) is 54.6 Å². The molecule has 0 aromatic heterocycles. The van der Waals surface area contributed by atoms with Gasteiger partial charge in [0.15, 0.2) is 0 Å². The Morgan fingerprint density at radius 1 is 0.737 bits per heavy atom. The summed E-state index contributed by atoms with van der Waals surface area (Å²) in [7, 11) is 1.63. The predicted molar refractivity (Wildman–Crippen MR) is 152 cm³/mol. The minimum absolute atomic E-state index is 0.138. The summed E-state index contributed by atoms with van der Waals surface area (Å²) in [4.78, 5) is 29.7. The predicted octanol–water partition coefficient (Wildman–Crippen LogP) is 5.51. The molecule has 2 amide bonds. The van der Waals surface area contributed by atoms with Crippen molar-refractivity contribution in [3.05, 3.63) is 114 Å². The molecule has 1 saturated heterocycles. The number of amides is 2. The normalized spacial score (nSPS) is 13.2. The third-order valence-electron chi connectivity index (χ3n) is 6.89. The van der Waals surface area contributed by atoms with Gasteiger partial charge in [-0.15, -0.1) is 0 Å². The molecule has 6 heteroatoms. The molecule has 38 heavy (non-hydrogen) atoms. The van der Waals surface area contributed by atoms with Gasteiger partial charge in [0.05, 0.1) is 13.5 Å². The van der Waals surface area contributed by atoms with Gasteiger partial charge in [-0.25, -0.2) is 0 Å². The lowest BCUT2D eigenvalue weighted by molar-refractivity contribution is -0.130. The molecule has 1 heterocycles. The van der Waals surface area contributed by atoms with Crippen LogP contribution in [-0.4, -0.2) is 50.0 Å². The molecule has 6 nitrogen and oxygen atoms in total. The molecule has 5 rings (SSSR count). The zero-order chi connectivity index (χ0) is 26.3. The standard InChI is InChI=1S/C32H31N3O3/c1-38-30-17-7-24(8-18-30)23-31(36)35-21-19-34(20-22-35)29-15-13-28(14-16-29)33-32(37)27-11-9-26(10-12-27)25-5-3-2-4-6-25/h2-18H,19-23H2,1H3,(H,33,37). The molecule has 0 spiro atoms. The van der Waals surface area contributed by atoms with Gasteiger partial charge < -0.3 is 19.9 Å². The molecular formula is C32H31N3O3. The van der Waals surface area contributed by atoms with Crippen LogP contribution in [0.2, 0.25) is 0 Å². The molecule has 0 atom stereocenters. The fourth-order valence-electron chi connectivity index (χ4n) is 4.65. The molecule has 4 aromatic carbocycles. The maximum Gasteiger partial charge on any atom is 0.255 e. The molecule has 1 aliphatic rings. The van der Waals surface area contributed by atoms with Crippen molar-refractivity contribution in [2.45, 2.75) is 6.42 Å². The first-order valence-electron chi connectivity index (χ1n) is 12.8. The highest BCUT2D eigenvalue weighted by atomic mass is 16.5. The number of anilines is 2. The van der Waals surface area contributed by atoms with Gasteiger partial charge in [0.1, 0.15) is 5.75 Å². The van der Waals surface area contributed by atoms with E-state index < -0.39 is 0 Å². The summed E-state index contributed by atoms with van der Waals surface area (Å²) >= 11 is 0. The van der Waals surface area contributed by atoms with Crippen molar-refractivity contribution >= 4 is 23.2 Å².